The Morgan fingerprint density at radius 1 is 0.962 bits per heavy atom. The second-order valence-electron chi connectivity index (χ2n) is 5.70. The number of hydrogen-bond donors (Lipinski definition) is 2. The number of carbonyl (C=O) groups excluding carboxylic acids is 1. The number of hydrogen-bond acceptors (Lipinski definition) is 4. The molecular weight excluding hydrogens is 352 g/mol. The van der Waals surface area contributed by atoms with Crippen LogP contribution in [-0.2, 0) is 16.6 Å². The SMILES string of the molecule is Cc1ccc(C(=O)Nc2ccc(S(=O)(=O)NCc3ccccc3)cc2)o1. The first-order valence-electron chi connectivity index (χ1n) is 7.95. The van der Waals surface area contributed by atoms with Gasteiger partial charge in [-0.2, -0.15) is 0 Å². The number of carbonyl (C=O) groups is 1. The van der Waals surface area contributed by atoms with Gasteiger partial charge in [0.25, 0.3) is 5.91 Å². The van der Waals surface area contributed by atoms with Crippen molar-refractivity contribution in [3.05, 3.63) is 83.8 Å². The summed E-state index contributed by atoms with van der Waals surface area (Å²) >= 11 is 0. The van der Waals surface area contributed by atoms with Crippen LogP contribution in [0.25, 0.3) is 0 Å². The molecule has 1 heterocycles. The van der Waals surface area contributed by atoms with Gasteiger partial charge in [-0.3, -0.25) is 4.79 Å². The van der Waals surface area contributed by atoms with E-state index in [0.29, 0.717) is 11.4 Å². The predicted molar refractivity (Wildman–Crippen MR) is 98.3 cm³/mol. The monoisotopic (exact) mass is 370 g/mol. The van der Waals surface area contributed by atoms with Gasteiger partial charge < -0.3 is 9.73 Å². The minimum atomic E-state index is -3.63. The van der Waals surface area contributed by atoms with Crippen LogP contribution in [0.2, 0.25) is 0 Å². The lowest BCUT2D eigenvalue weighted by molar-refractivity contribution is 0.0995. The van der Waals surface area contributed by atoms with Crippen LogP contribution in [0.3, 0.4) is 0 Å². The maximum absolute atomic E-state index is 12.3. The molecule has 2 aromatic carbocycles. The van der Waals surface area contributed by atoms with Crippen LogP contribution in [-0.4, -0.2) is 14.3 Å². The zero-order valence-corrected chi connectivity index (χ0v) is 14.9. The number of anilines is 1. The molecule has 0 radical (unpaired) electrons. The van der Waals surface area contributed by atoms with Gasteiger partial charge in [0.05, 0.1) is 4.90 Å². The molecule has 0 unspecified atom stereocenters. The van der Waals surface area contributed by atoms with Crippen LogP contribution < -0.4 is 10.0 Å². The Hall–Kier alpha value is -2.90. The highest BCUT2D eigenvalue weighted by molar-refractivity contribution is 7.89. The molecule has 0 aliphatic carbocycles. The molecule has 1 amide bonds. The lowest BCUT2D eigenvalue weighted by atomic mass is 10.2. The van der Waals surface area contributed by atoms with Crippen molar-refractivity contribution >= 4 is 21.6 Å². The van der Waals surface area contributed by atoms with Crippen molar-refractivity contribution in [2.24, 2.45) is 0 Å². The molecule has 6 nitrogen and oxygen atoms in total. The molecule has 0 atom stereocenters. The third-order valence-electron chi connectivity index (χ3n) is 3.70. The Morgan fingerprint density at radius 3 is 2.27 bits per heavy atom. The van der Waals surface area contributed by atoms with E-state index < -0.39 is 15.9 Å². The van der Waals surface area contributed by atoms with Gasteiger partial charge in [-0.25, -0.2) is 13.1 Å². The Labute approximate surface area is 151 Å². The quantitative estimate of drug-likeness (QED) is 0.697. The van der Waals surface area contributed by atoms with E-state index in [9.17, 15) is 13.2 Å². The lowest BCUT2D eigenvalue weighted by Crippen LogP contribution is -2.23. The number of nitrogens with one attached hydrogen (secondary N) is 2. The summed E-state index contributed by atoms with van der Waals surface area (Å²) < 4.78 is 32.5. The summed E-state index contributed by atoms with van der Waals surface area (Å²) in [5.41, 5.74) is 1.35. The summed E-state index contributed by atoms with van der Waals surface area (Å²) in [4.78, 5) is 12.2. The van der Waals surface area contributed by atoms with Crippen LogP contribution in [0.5, 0.6) is 0 Å². The summed E-state index contributed by atoms with van der Waals surface area (Å²) in [7, 11) is -3.63. The van der Waals surface area contributed by atoms with Crippen LogP contribution in [0.4, 0.5) is 5.69 Å². The number of rotatable bonds is 6. The molecule has 7 heteroatoms. The molecule has 3 rings (SSSR count). The van der Waals surface area contributed by atoms with Gasteiger partial charge in [-0.1, -0.05) is 30.3 Å². The first-order valence-corrected chi connectivity index (χ1v) is 9.44. The van der Waals surface area contributed by atoms with E-state index in [2.05, 4.69) is 10.0 Å². The number of aryl methyl sites for hydroxylation is 1. The molecule has 26 heavy (non-hydrogen) atoms. The molecular formula is C19H18N2O4S. The number of benzene rings is 2. The van der Waals surface area contributed by atoms with Crippen molar-refractivity contribution in [2.75, 3.05) is 5.32 Å². The van der Waals surface area contributed by atoms with Gasteiger partial charge in [0.2, 0.25) is 10.0 Å². The first-order chi connectivity index (χ1) is 12.4. The smallest absolute Gasteiger partial charge is 0.291 e. The third kappa shape index (κ3) is 4.38. The minimum absolute atomic E-state index is 0.125. The molecule has 0 spiro atoms. The fraction of sp³-hybridized carbons (Fsp3) is 0.105. The molecule has 0 aliphatic rings. The molecule has 2 N–H and O–H groups in total. The second-order valence-corrected chi connectivity index (χ2v) is 7.47. The summed E-state index contributed by atoms with van der Waals surface area (Å²) in [5.74, 6) is 0.445. The van der Waals surface area contributed by atoms with Crippen molar-refractivity contribution in [3.63, 3.8) is 0 Å². The average Bonchev–Trinajstić information content (AvgIpc) is 3.08. The molecule has 0 fully saturated rings. The number of furan rings is 1. The topological polar surface area (TPSA) is 88.4 Å². The fourth-order valence-corrected chi connectivity index (χ4v) is 3.34. The van der Waals surface area contributed by atoms with Crippen molar-refractivity contribution in [1.82, 2.24) is 4.72 Å². The molecule has 0 aliphatic heterocycles. The van der Waals surface area contributed by atoms with E-state index in [1.165, 1.54) is 24.3 Å². The fourth-order valence-electron chi connectivity index (χ4n) is 2.32. The van der Waals surface area contributed by atoms with E-state index in [0.717, 1.165) is 5.56 Å². The summed E-state index contributed by atoms with van der Waals surface area (Å²) in [6.45, 7) is 1.96. The normalized spacial score (nSPS) is 11.3. The summed E-state index contributed by atoms with van der Waals surface area (Å²) in [6.07, 6.45) is 0. The summed E-state index contributed by atoms with van der Waals surface area (Å²) in [5, 5.41) is 2.66. The first kappa shape index (κ1) is 17.9. The highest BCUT2D eigenvalue weighted by atomic mass is 32.2. The highest BCUT2D eigenvalue weighted by Crippen LogP contribution is 2.16. The van der Waals surface area contributed by atoms with E-state index in [-0.39, 0.29) is 17.2 Å². The second kappa shape index (κ2) is 7.55. The standard InChI is InChI=1S/C19H18N2O4S/c1-14-7-12-18(25-14)19(22)21-16-8-10-17(11-9-16)26(23,24)20-13-15-5-3-2-4-6-15/h2-12,20H,13H2,1H3,(H,21,22). The highest BCUT2D eigenvalue weighted by Gasteiger charge is 2.15. The molecule has 0 saturated heterocycles. The van der Waals surface area contributed by atoms with E-state index in [1.807, 2.05) is 30.3 Å². The number of sulfonamides is 1. The van der Waals surface area contributed by atoms with Crippen molar-refractivity contribution in [2.45, 2.75) is 18.4 Å². The lowest BCUT2D eigenvalue weighted by Gasteiger charge is -2.08. The summed E-state index contributed by atoms with van der Waals surface area (Å²) in [6, 6.07) is 18.5. The third-order valence-corrected chi connectivity index (χ3v) is 5.11. The molecule has 0 saturated carbocycles. The van der Waals surface area contributed by atoms with Crippen molar-refractivity contribution in [3.8, 4) is 0 Å². The van der Waals surface area contributed by atoms with Gasteiger partial charge >= 0.3 is 0 Å². The Bertz CT molecular complexity index is 994. The largest absolute Gasteiger partial charge is 0.456 e. The molecule has 134 valence electrons. The van der Waals surface area contributed by atoms with Crippen molar-refractivity contribution < 1.29 is 17.6 Å². The van der Waals surface area contributed by atoms with Crippen LogP contribution >= 0.6 is 0 Å². The number of amides is 1. The molecule has 3 aromatic rings. The Kier molecular flexibility index (Phi) is 5.20. The maximum atomic E-state index is 12.3. The van der Waals surface area contributed by atoms with Crippen molar-refractivity contribution in [1.29, 1.82) is 0 Å². The zero-order chi connectivity index (χ0) is 18.6. The molecule has 1 aromatic heterocycles. The Morgan fingerprint density at radius 2 is 1.65 bits per heavy atom. The zero-order valence-electron chi connectivity index (χ0n) is 14.1. The van der Waals surface area contributed by atoms with Gasteiger partial charge in [-0.05, 0) is 48.9 Å². The average molecular weight is 370 g/mol. The van der Waals surface area contributed by atoms with E-state index in [4.69, 9.17) is 4.42 Å². The maximum Gasteiger partial charge on any atom is 0.291 e. The van der Waals surface area contributed by atoms with Gasteiger partial charge in [-0.15, -0.1) is 0 Å². The predicted octanol–water partition coefficient (Wildman–Crippen LogP) is 3.32. The van der Waals surface area contributed by atoms with Gasteiger partial charge in [0.15, 0.2) is 5.76 Å². The van der Waals surface area contributed by atoms with Crippen LogP contribution in [0.15, 0.2) is 76.0 Å². The van der Waals surface area contributed by atoms with Gasteiger partial charge in [0, 0.05) is 12.2 Å². The minimum Gasteiger partial charge on any atom is -0.456 e. The van der Waals surface area contributed by atoms with Gasteiger partial charge in [0.1, 0.15) is 5.76 Å². The van der Waals surface area contributed by atoms with E-state index in [1.54, 1.807) is 19.1 Å². The van der Waals surface area contributed by atoms with Crippen LogP contribution in [0, 0.1) is 6.92 Å². The van der Waals surface area contributed by atoms with Crippen LogP contribution in [0.1, 0.15) is 21.9 Å². The van der Waals surface area contributed by atoms with E-state index >= 15 is 0 Å². The molecule has 0 bridgehead atoms. The Balaban J connectivity index is 1.65.